The average Bonchev–Trinajstić information content (AvgIpc) is 3.19. The number of hydrazone groups is 1. The Morgan fingerprint density at radius 1 is 1.11 bits per heavy atom. The molecule has 0 saturated heterocycles. The van der Waals surface area contributed by atoms with Crippen LogP contribution in [0, 0.1) is 6.92 Å². The number of ether oxygens (including phenoxy) is 2. The molecule has 0 aliphatic heterocycles. The summed E-state index contributed by atoms with van der Waals surface area (Å²) in [4.78, 5) is 12.2. The van der Waals surface area contributed by atoms with Gasteiger partial charge in [-0.25, -0.2) is 5.43 Å². The van der Waals surface area contributed by atoms with Crippen LogP contribution in [0.4, 0.5) is 0 Å². The van der Waals surface area contributed by atoms with Gasteiger partial charge in [-0.3, -0.25) is 9.89 Å². The van der Waals surface area contributed by atoms with Crippen molar-refractivity contribution >= 4 is 12.1 Å². The number of H-pyrrole nitrogens is 1. The van der Waals surface area contributed by atoms with E-state index in [4.69, 9.17) is 9.47 Å². The van der Waals surface area contributed by atoms with Crippen LogP contribution in [0.1, 0.15) is 21.6 Å². The number of nitrogens with one attached hydrogen (secondary N) is 2. The summed E-state index contributed by atoms with van der Waals surface area (Å²) in [6.07, 6.45) is 1.61. The highest BCUT2D eigenvalue weighted by Gasteiger charge is 2.12. The van der Waals surface area contributed by atoms with Crippen LogP contribution < -0.4 is 14.9 Å². The number of amides is 1. The molecule has 0 unspecified atom stereocenters. The van der Waals surface area contributed by atoms with Crippen LogP contribution in [0.3, 0.4) is 0 Å². The van der Waals surface area contributed by atoms with Crippen molar-refractivity contribution in [1.29, 1.82) is 0 Å². The van der Waals surface area contributed by atoms with E-state index in [1.165, 1.54) is 0 Å². The normalized spacial score (nSPS) is 10.8. The van der Waals surface area contributed by atoms with Crippen LogP contribution >= 0.6 is 0 Å². The molecule has 138 valence electrons. The Bertz CT molecular complexity index is 979. The first kappa shape index (κ1) is 18.2. The van der Waals surface area contributed by atoms with Crippen molar-refractivity contribution in [2.75, 3.05) is 14.2 Å². The Kier molecular flexibility index (Phi) is 5.51. The number of carbonyl (C=O) groups excluding carboxylic acids is 1. The smallest absolute Gasteiger partial charge is 0.289 e. The lowest BCUT2D eigenvalue weighted by atomic mass is 10.1. The van der Waals surface area contributed by atoms with E-state index >= 15 is 0 Å². The van der Waals surface area contributed by atoms with Gasteiger partial charge in [-0.15, -0.1) is 0 Å². The van der Waals surface area contributed by atoms with E-state index in [1.54, 1.807) is 38.6 Å². The third-order valence-corrected chi connectivity index (χ3v) is 4.06. The van der Waals surface area contributed by atoms with Crippen LogP contribution in [0.5, 0.6) is 11.5 Å². The molecule has 0 bridgehead atoms. The molecule has 3 aromatic rings. The second kappa shape index (κ2) is 8.18. The minimum absolute atomic E-state index is 0.307. The first-order valence-electron chi connectivity index (χ1n) is 8.29. The Morgan fingerprint density at radius 3 is 2.63 bits per heavy atom. The molecule has 0 fully saturated rings. The molecule has 2 N–H and O–H groups in total. The van der Waals surface area contributed by atoms with Gasteiger partial charge >= 0.3 is 0 Å². The number of aryl methyl sites for hydroxylation is 1. The molecular weight excluding hydrogens is 344 g/mol. The largest absolute Gasteiger partial charge is 0.493 e. The molecule has 0 aliphatic carbocycles. The Hall–Kier alpha value is -3.61. The fourth-order valence-corrected chi connectivity index (χ4v) is 2.53. The van der Waals surface area contributed by atoms with Gasteiger partial charge in [0.1, 0.15) is 5.69 Å². The number of nitrogens with zero attached hydrogens (tertiary/aromatic N) is 2. The zero-order valence-electron chi connectivity index (χ0n) is 15.3. The Balaban J connectivity index is 1.72. The molecule has 7 heteroatoms. The maximum Gasteiger partial charge on any atom is 0.289 e. The molecule has 2 aromatic carbocycles. The molecule has 27 heavy (non-hydrogen) atoms. The SMILES string of the molecule is COc1ccc(-c2cc(C(=O)NN=Cc3ccccc3C)[nH]n2)cc1OC. The van der Waals surface area contributed by atoms with Crippen LogP contribution in [0.25, 0.3) is 11.3 Å². The van der Waals surface area contributed by atoms with E-state index in [9.17, 15) is 4.79 Å². The second-order valence-electron chi connectivity index (χ2n) is 5.79. The van der Waals surface area contributed by atoms with E-state index in [0.717, 1.165) is 16.7 Å². The van der Waals surface area contributed by atoms with Crippen molar-refractivity contribution < 1.29 is 14.3 Å². The number of hydrogen-bond acceptors (Lipinski definition) is 5. The number of benzene rings is 2. The standard InChI is InChI=1S/C20H20N4O3/c1-13-6-4-5-7-15(13)12-21-24-20(25)17-11-16(22-23-17)14-8-9-18(26-2)19(10-14)27-3/h4-12H,1-3H3,(H,22,23)(H,24,25). The van der Waals surface area contributed by atoms with Crippen LogP contribution in [-0.2, 0) is 0 Å². The lowest BCUT2D eigenvalue weighted by Gasteiger charge is -2.08. The topological polar surface area (TPSA) is 88.6 Å². The molecule has 0 aliphatic rings. The summed E-state index contributed by atoms with van der Waals surface area (Å²) < 4.78 is 10.5. The van der Waals surface area contributed by atoms with Gasteiger partial charge in [0.25, 0.3) is 5.91 Å². The predicted octanol–water partition coefficient (Wildman–Crippen LogP) is 3.17. The summed E-state index contributed by atoms with van der Waals surface area (Å²) in [5.41, 5.74) is 6.23. The first-order valence-corrected chi connectivity index (χ1v) is 8.29. The van der Waals surface area contributed by atoms with Crippen molar-refractivity contribution in [3.63, 3.8) is 0 Å². The lowest BCUT2D eigenvalue weighted by molar-refractivity contribution is 0.0950. The van der Waals surface area contributed by atoms with Gasteiger partial charge in [0.2, 0.25) is 0 Å². The molecule has 0 atom stereocenters. The van der Waals surface area contributed by atoms with E-state index < -0.39 is 0 Å². The zero-order valence-corrected chi connectivity index (χ0v) is 15.3. The zero-order chi connectivity index (χ0) is 19.2. The first-order chi connectivity index (χ1) is 13.1. The maximum absolute atomic E-state index is 12.2. The minimum Gasteiger partial charge on any atom is -0.493 e. The van der Waals surface area contributed by atoms with Gasteiger partial charge in [0.15, 0.2) is 11.5 Å². The van der Waals surface area contributed by atoms with E-state index in [1.807, 2.05) is 37.3 Å². The van der Waals surface area contributed by atoms with Gasteiger partial charge in [-0.05, 0) is 42.3 Å². The summed E-state index contributed by atoms with van der Waals surface area (Å²) in [6, 6.07) is 14.9. The number of carbonyl (C=O) groups is 1. The Labute approximate surface area is 157 Å². The highest BCUT2D eigenvalue weighted by molar-refractivity contribution is 5.94. The predicted molar refractivity (Wildman–Crippen MR) is 103 cm³/mol. The quantitative estimate of drug-likeness (QED) is 0.519. The number of methoxy groups -OCH3 is 2. The van der Waals surface area contributed by atoms with Crippen molar-refractivity contribution in [3.8, 4) is 22.8 Å². The minimum atomic E-state index is -0.376. The molecule has 3 rings (SSSR count). The van der Waals surface area contributed by atoms with Crippen molar-refractivity contribution in [2.45, 2.75) is 6.92 Å². The number of aromatic amines is 1. The van der Waals surface area contributed by atoms with E-state index in [2.05, 4.69) is 20.7 Å². The van der Waals surface area contributed by atoms with Gasteiger partial charge in [0.05, 0.1) is 26.1 Å². The van der Waals surface area contributed by atoms with Crippen LogP contribution in [-0.4, -0.2) is 36.5 Å². The summed E-state index contributed by atoms with van der Waals surface area (Å²) in [5, 5.41) is 10.9. The summed E-state index contributed by atoms with van der Waals surface area (Å²) in [7, 11) is 3.14. The molecule has 0 spiro atoms. The number of hydrogen-bond donors (Lipinski definition) is 2. The van der Waals surface area contributed by atoms with Gasteiger partial charge < -0.3 is 9.47 Å². The lowest BCUT2D eigenvalue weighted by Crippen LogP contribution is -2.18. The summed E-state index contributed by atoms with van der Waals surface area (Å²) in [5.74, 6) is 0.839. The molecule has 1 aromatic heterocycles. The van der Waals surface area contributed by atoms with Gasteiger partial charge in [-0.1, -0.05) is 24.3 Å². The second-order valence-corrected chi connectivity index (χ2v) is 5.79. The third-order valence-electron chi connectivity index (χ3n) is 4.06. The number of aromatic nitrogens is 2. The summed E-state index contributed by atoms with van der Waals surface area (Å²) >= 11 is 0. The van der Waals surface area contributed by atoms with Crippen molar-refractivity contribution in [1.82, 2.24) is 15.6 Å². The molecule has 0 radical (unpaired) electrons. The molecule has 1 heterocycles. The summed E-state index contributed by atoms with van der Waals surface area (Å²) in [6.45, 7) is 1.98. The average molecular weight is 364 g/mol. The maximum atomic E-state index is 12.2. The van der Waals surface area contributed by atoms with Gasteiger partial charge in [-0.2, -0.15) is 10.2 Å². The van der Waals surface area contributed by atoms with Crippen LogP contribution in [0.15, 0.2) is 53.6 Å². The van der Waals surface area contributed by atoms with Gasteiger partial charge in [0, 0.05) is 5.56 Å². The highest BCUT2D eigenvalue weighted by atomic mass is 16.5. The molecular formula is C20H20N4O3. The van der Waals surface area contributed by atoms with Crippen molar-refractivity contribution in [3.05, 3.63) is 65.4 Å². The molecule has 1 amide bonds. The van der Waals surface area contributed by atoms with Crippen molar-refractivity contribution in [2.24, 2.45) is 5.10 Å². The Morgan fingerprint density at radius 2 is 1.89 bits per heavy atom. The number of rotatable bonds is 6. The van der Waals surface area contributed by atoms with E-state index in [-0.39, 0.29) is 5.91 Å². The molecule has 0 saturated carbocycles. The fraction of sp³-hybridized carbons (Fsp3) is 0.150. The fourth-order valence-electron chi connectivity index (χ4n) is 2.53. The third kappa shape index (κ3) is 4.14. The van der Waals surface area contributed by atoms with Crippen LogP contribution in [0.2, 0.25) is 0 Å². The monoisotopic (exact) mass is 364 g/mol. The highest BCUT2D eigenvalue weighted by Crippen LogP contribution is 2.31. The van der Waals surface area contributed by atoms with E-state index in [0.29, 0.717) is 22.9 Å². The molecule has 7 nitrogen and oxygen atoms in total.